The normalized spacial score (nSPS) is 18.4. The van der Waals surface area contributed by atoms with E-state index in [-0.39, 0.29) is 11.9 Å². The van der Waals surface area contributed by atoms with Gasteiger partial charge in [-0.05, 0) is 18.9 Å². The van der Waals surface area contributed by atoms with E-state index in [2.05, 4.69) is 28.3 Å². The van der Waals surface area contributed by atoms with Crippen molar-refractivity contribution in [3.8, 4) is 0 Å². The number of carbonyl (C=O) groups is 1. The Kier molecular flexibility index (Phi) is 4.05. The predicted molar refractivity (Wildman–Crippen MR) is 85.7 cm³/mol. The van der Waals surface area contributed by atoms with Crippen LogP contribution in [-0.4, -0.2) is 39.9 Å². The molecule has 2 aromatic heterocycles. The standard InChI is InChI=1S/C15H20N4OS/c1-3-11-7-12-14(16-9-17-15(12)21-11)18-10-5-6-19(8-10)13(20)4-2/h7,9-10H,3-6,8H2,1-2H3,(H,16,17,18). The van der Waals surface area contributed by atoms with Crippen LogP contribution in [0.1, 0.15) is 31.6 Å². The number of amides is 1. The third-order valence-corrected chi connectivity index (χ3v) is 5.10. The Morgan fingerprint density at radius 2 is 2.33 bits per heavy atom. The van der Waals surface area contributed by atoms with Gasteiger partial charge in [0.25, 0.3) is 0 Å². The number of nitrogens with zero attached hydrogens (tertiary/aromatic N) is 3. The van der Waals surface area contributed by atoms with Gasteiger partial charge in [0.1, 0.15) is 17.0 Å². The molecule has 0 saturated carbocycles. The summed E-state index contributed by atoms with van der Waals surface area (Å²) >= 11 is 1.72. The maximum absolute atomic E-state index is 11.7. The Hall–Kier alpha value is -1.69. The number of hydrogen-bond acceptors (Lipinski definition) is 5. The van der Waals surface area contributed by atoms with Crippen LogP contribution < -0.4 is 5.32 Å². The van der Waals surface area contributed by atoms with E-state index in [1.807, 2.05) is 11.8 Å². The number of rotatable bonds is 4. The number of aromatic nitrogens is 2. The van der Waals surface area contributed by atoms with Crippen molar-refractivity contribution in [2.45, 2.75) is 39.2 Å². The summed E-state index contributed by atoms with van der Waals surface area (Å²) in [7, 11) is 0. The van der Waals surface area contributed by atoms with Crippen molar-refractivity contribution >= 4 is 33.3 Å². The Morgan fingerprint density at radius 1 is 1.48 bits per heavy atom. The highest BCUT2D eigenvalue weighted by Crippen LogP contribution is 2.29. The topological polar surface area (TPSA) is 58.1 Å². The van der Waals surface area contributed by atoms with E-state index in [0.717, 1.165) is 42.0 Å². The first-order valence-electron chi connectivity index (χ1n) is 7.49. The number of likely N-dealkylation sites (tertiary alicyclic amines) is 1. The Balaban J connectivity index is 1.76. The largest absolute Gasteiger partial charge is 0.365 e. The van der Waals surface area contributed by atoms with Gasteiger partial charge in [0.2, 0.25) is 5.91 Å². The van der Waals surface area contributed by atoms with Gasteiger partial charge in [0, 0.05) is 30.4 Å². The van der Waals surface area contributed by atoms with Gasteiger partial charge < -0.3 is 10.2 Å². The van der Waals surface area contributed by atoms with Gasteiger partial charge in [0.15, 0.2) is 0 Å². The molecule has 1 saturated heterocycles. The average molecular weight is 304 g/mol. The van der Waals surface area contributed by atoms with Crippen LogP contribution in [0.25, 0.3) is 10.2 Å². The van der Waals surface area contributed by atoms with Crippen LogP contribution in [0.3, 0.4) is 0 Å². The van der Waals surface area contributed by atoms with Crippen molar-refractivity contribution in [3.05, 3.63) is 17.3 Å². The zero-order chi connectivity index (χ0) is 14.8. The van der Waals surface area contributed by atoms with E-state index in [1.165, 1.54) is 4.88 Å². The summed E-state index contributed by atoms with van der Waals surface area (Å²) in [6.07, 6.45) is 4.18. The average Bonchev–Trinajstić information content (AvgIpc) is 3.13. The molecule has 1 unspecified atom stereocenters. The fourth-order valence-corrected chi connectivity index (χ4v) is 3.65. The molecule has 2 aromatic rings. The molecule has 6 heteroatoms. The van der Waals surface area contributed by atoms with Crippen molar-refractivity contribution in [3.63, 3.8) is 0 Å². The molecule has 1 aliphatic heterocycles. The molecule has 21 heavy (non-hydrogen) atoms. The number of carbonyl (C=O) groups excluding carboxylic acids is 1. The number of fused-ring (bicyclic) bond motifs is 1. The van der Waals surface area contributed by atoms with Gasteiger partial charge in [-0.3, -0.25) is 4.79 Å². The lowest BCUT2D eigenvalue weighted by Crippen LogP contribution is -2.31. The molecule has 0 aliphatic carbocycles. The van der Waals surface area contributed by atoms with Crippen LogP contribution >= 0.6 is 11.3 Å². The van der Waals surface area contributed by atoms with E-state index in [9.17, 15) is 4.79 Å². The second-order valence-corrected chi connectivity index (χ2v) is 6.45. The summed E-state index contributed by atoms with van der Waals surface area (Å²) in [5.74, 6) is 1.13. The lowest BCUT2D eigenvalue weighted by atomic mass is 10.2. The number of hydrogen-bond donors (Lipinski definition) is 1. The van der Waals surface area contributed by atoms with Gasteiger partial charge in [-0.2, -0.15) is 0 Å². The fourth-order valence-electron chi connectivity index (χ4n) is 2.72. The molecule has 5 nitrogen and oxygen atoms in total. The lowest BCUT2D eigenvalue weighted by molar-refractivity contribution is -0.129. The summed E-state index contributed by atoms with van der Waals surface area (Å²) in [5, 5.41) is 4.59. The molecule has 3 rings (SSSR count). The molecule has 112 valence electrons. The van der Waals surface area contributed by atoms with E-state index >= 15 is 0 Å². The molecule has 0 radical (unpaired) electrons. The molecule has 1 fully saturated rings. The van der Waals surface area contributed by atoms with E-state index in [4.69, 9.17) is 0 Å². The summed E-state index contributed by atoms with van der Waals surface area (Å²) in [4.78, 5) is 24.8. The summed E-state index contributed by atoms with van der Waals surface area (Å²) in [5.41, 5.74) is 0. The van der Waals surface area contributed by atoms with Crippen LogP contribution in [0.2, 0.25) is 0 Å². The molecule has 0 bridgehead atoms. The predicted octanol–water partition coefficient (Wildman–Crippen LogP) is 2.68. The maximum Gasteiger partial charge on any atom is 0.222 e. The molecule has 0 aromatic carbocycles. The molecule has 1 aliphatic rings. The second kappa shape index (κ2) is 5.97. The third-order valence-electron chi connectivity index (χ3n) is 3.91. The lowest BCUT2D eigenvalue weighted by Gasteiger charge is -2.16. The molecule has 1 amide bonds. The molecule has 0 spiro atoms. The van der Waals surface area contributed by atoms with Crippen molar-refractivity contribution in [1.29, 1.82) is 0 Å². The Morgan fingerprint density at radius 3 is 3.10 bits per heavy atom. The van der Waals surface area contributed by atoms with Crippen molar-refractivity contribution in [2.24, 2.45) is 0 Å². The summed E-state index contributed by atoms with van der Waals surface area (Å²) in [6, 6.07) is 2.45. The summed E-state index contributed by atoms with van der Waals surface area (Å²) < 4.78 is 0. The third kappa shape index (κ3) is 2.85. The highest BCUT2D eigenvalue weighted by atomic mass is 32.1. The molecule has 1 N–H and O–H groups in total. The van der Waals surface area contributed by atoms with Crippen LogP contribution in [0.5, 0.6) is 0 Å². The first kappa shape index (κ1) is 14.3. The quantitative estimate of drug-likeness (QED) is 0.943. The monoisotopic (exact) mass is 304 g/mol. The van der Waals surface area contributed by atoms with Gasteiger partial charge >= 0.3 is 0 Å². The van der Waals surface area contributed by atoms with Crippen molar-refractivity contribution in [2.75, 3.05) is 18.4 Å². The van der Waals surface area contributed by atoms with Crippen LogP contribution in [0.4, 0.5) is 5.82 Å². The number of anilines is 1. The molecular formula is C15H20N4OS. The zero-order valence-corrected chi connectivity index (χ0v) is 13.2. The smallest absolute Gasteiger partial charge is 0.222 e. The van der Waals surface area contributed by atoms with E-state index < -0.39 is 0 Å². The minimum Gasteiger partial charge on any atom is -0.365 e. The highest BCUT2D eigenvalue weighted by Gasteiger charge is 2.25. The molecule has 1 atom stereocenters. The van der Waals surface area contributed by atoms with E-state index in [1.54, 1.807) is 17.7 Å². The van der Waals surface area contributed by atoms with E-state index in [0.29, 0.717) is 6.42 Å². The minimum atomic E-state index is 0.232. The van der Waals surface area contributed by atoms with Gasteiger partial charge in [-0.1, -0.05) is 13.8 Å². The molecule has 3 heterocycles. The zero-order valence-electron chi connectivity index (χ0n) is 12.4. The van der Waals surface area contributed by atoms with Crippen molar-refractivity contribution < 1.29 is 4.79 Å². The van der Waals surface area contributed by atoms with Gasteiger partial charge in [-0.15, -0.1) is 11.3 Å². The number of nitrogens with one attached hydrogen (secondary N) is 1. The van der Waals surface area contributed by atoms with Crippen molar-refractivity contribution in [1.82, 2.24) is 14.9 Å². The molecular weight excluding hydrogens is 284 g/mol. The van der Waals surface area contributed by atoms with Crippen LogP contribution in [-0.2, 0) is 11.2 Å². The van der Waals surface area contributed by atoms with Crippen LogP contribution in [0, 0.1) is 0 Å². The second-order valence-electron chi connectivity index (χ2n) is 5.33. The fraction of sp³-hybridized carbons (Fsp3) is 0.533. The SMILES string of the molecule is CCC(=O)N1CCC(Nc2ncnc3sc(CC)cc23)C1. The summed E-state index contributed by atoms with van der Waals surface area (Å²) in [6.45, 7) is 5.66. The number of aryl methyl sites for hydroxylation is 1. The Bertz CT molecular complexity index is 654. The first-order chi connectivity index (χ1) is 10.2. The minimum absolute atomic E-state index is 0.232. The van der Waals surface area contributed by atoms with Gasteiger partial charge in [0.05, 0.1) is 5.39 Å². The first-order valence-corrected chi connectivity index (χ1v) is 8.30. The maximum atomic E-state index is 11.7. The number of thiophene rings is 1. The highest BCUT2D eigenvalue weighted by molar-refractivity contribution is 7.18. The van der Waals surface area contributed by atoms with Crippen LogP contribution in [0.15, 0.2) is 12.4 Å². The Labute approximate surface area is 128 Å². The van der Waals surface area contributed by atoms with Gasteiger partial charge in [-0.25, -0.2) is 9.97 Å².